The zero-order valence-electron chi connectivity index (χ0n) is 10.3. The average Bonchev–Trinajstić information content (AvgIpc) is 2.66. The number of hydrogen-bond donors (Lipinski definition) is 0. The van der Waals surface area contributed by atoms with Crippen molar-refractivity contribution in [2.75, 3.05) is 14.1 Å². The molecule has 3 rings (SSSR count). The first-order chi connectivity index (χ1) is 8.15. The first-order valence-electron chi connectivity index (χ1n) is 6.17. The van der Waals surface area contributed by atoms with Gasteiger partial charge in [-0.3, -0.25) is 4.99 Å². The van der Waals surface area contributed by atoms with E-state index in [2.05, 4.69) is 53.2 Å². The Labute approximate surface area is 111 Å². The van der Waals surface area contributed by atoms with Crippen LogP contribution in [0.1, 0.15) is 19.3 Å². The molecule has 0 N–H and O–H groups in total. The summed E-state index contributed by atoms with van der Waals surface area (Å²) >= 11 is 3.56. The Morgan fingerprint density at radius 1 is 1.41 bits per heavy atom. The fraction of sp³-hybridized carbons (Fsp3) is 0.500. The fourth-order valence-electron chi connectivity index (χ4n) is 2.89. The van der Waals surface area contributed by atoms with Gasteiger partial charge in [0.1, 0.15) is 0 Å². The molecule has 0 spiro atoms. The molecule has 0 saturated heterocycles. The molecule has 1 saturated carbocycles. The lowest BCUT2D eigenvalue weighted by Gasteiger charge is -2.30. The molecule has 0 aromatic rings. The topological polar surface area (TPSA) is 15.6 Å². The lowest BCUT2D eigenvalue weighted by molar-refractivity contribution is 0.275. The van der Waals surface area contributed by atoms with E-state index in [1.807, 2.05) is 0 Å². The molecule has 1 fully saturated rings. The van der Waals surface area contributed by atoms with Crippen molar-refractivity contribution in [2.24, 2.45) is 4.99 Å². The third kappa shape index (κ3) is 1.95. The van der Waals surface area contributed by atoms with E-state index in [0.717, 1.165) is 12.8 Å². The highest BCUT2D eigenvalue weighted by atomic mass is 79.9. The smallest absolute Gasteiger partial charge is 0.0940 e. The minimum Gasteiger partial charge on any atom is -0.306 e. The van der Waals surface area contributed by atoms with Gasteiger partial charge >= 0.3 is 0 Å². The Morgan fingerprint density at radius 2 is 2.24 bits per heavy atom. The number of allylic oxidation sites excluding steroid dienone is 2. The van der Waals surface area contributed by atoms with Crippen molar-refractivity contribution in [3.8, 4) is 0 Å². The van der Waals surface area contributed by atoms with Crippen LogP contribution in [0.5, 0.6) is 0 Å². The molecule has 0 radical (unpaired) electrons. The van der Waals surface area contributed by atoms with Gasteiger partial charge in [0.2, 0.25) is 0 Å². The quantitative estimate of drug-likeness (QED) is 0.725. The van der Waals surface area contributed by atoms with Crippen molar-refractivity contribution in [1.29, 1.82) is 0 Å². The number of aliphatic imine (C=N–C) groups is 1. The standard InChI is InChI=1S/C14H17BrN2/c1-17(2)10-4-6-14-12(8-10)11-7-9(15)3-5-13(11)16-14/h3,5,7,10,13H,4,6,8H2,1-2H3/t10-,13-/m1/s1. The molecule has 0 aromatic carbocycles. The lowest BCUT2D eigenvalue weighted by atomic mass is 9.85. The Hall–Kier alpha value is -0.670. The highest BCUT2D eigenvalue weighted by Gasteiger charge is 2.32. The van der Waals surface area contributed by atoms with Crippen LogP contribution in [-0.2, 0) is 0 Å². The molecule has 0 bridgehead atoms. The predicted octanol–water partition coefficient (Wildman–Crippen LogP) is 3.07. The van der Waals surface area contributed by atoms with Crippen LogP contribution in [0.4, 0.5) is 0 Å². The highest BCUT2D eigenvalue weighted by Crippen LogP contribution is 2.37. The van der Waals surface area contributed by atoms with Gasteiger partial charge in [-0.05, 0) is 56.7 Å². The number of hydrogen-bond acceptors (Lipinski definition) is 2. The summed E-state index contributed by atoms with van der Waals surface area (Å²) in [5, 5.41) is 0. The van der Waals surface area contributed by atoms with Crippen LogP contribution >= 0.6 is 15.9 Å². The normalized spacial score (nSPS) is 31.3. The van der Waals surface area contributed by atoms with Gasteiger partial charge in [-0.15, -0.1) is 0 Å². The first-order valence-corrected chi connectivity index (χ1v) is 6.96. The van der Waals surface area contributed by atoms with Crippen LogP contribution in [0, 0.1) is 0 Å². The summed E-state index contributed by atoms with van der Waals surface area (Å²) < 4.78 is 1.17. The molecule has 2 aliphatic carbocycles. The van der Waals surface area contributed by atoms with Crippen molar-refractivity contribution in [2.45, 2.75) is 31.3 Å². The molecule has 3 aliphatic rings. The third-order valence-electron chi connectivity index (χ3n) is 3.93. The molecule has 2 atom stereocenters. The average molecular weight is 293 g/mol. The van der Waals surface area contributed by atoms with E-state index in [4.69, 9.17) is 4.99 Å². The number of halogens is 1. The van der Waals surface area contributed by atoms with Crippen LogP contribution in [0.25, 0.3) is 0 Å². The highest BCUT2D eigenvalue weighted by molar-refractivity contribution is 9.11. The van der Waals surface area contributed by atoms with Crippen molar-refractivity contribution in [3.63, 3.8) is 0 Å². The lowest BCUT2D eigenvalue weighted by Crippen LogP contribution is -2.33. The van der Waals surface area contributed by atoms with Crippen molar-refractivity contribution < 1.29 is 0 Å². The maximum Gasteiger partial charge on any atom is 0.0940 e. The van der Waals surface area contributed by atoms with Crippen molar-refractivity contribution in [1.82, 2.24) is 4.90 Å². The summed E-state index contributed by atoms with van der Waals surface area (Å²) in [5.74, 6) is 0. The van der Waals surface area contributed by atoms with Crippen LogP contribution < -0.4 is 0 Å². The zero-order valence-corrected chi connectivity index (χ0v) is 11.9. The van der Waals surface area contributed by atoms with E-state index in [1.165, 1.54) is 27.8 Å². The molecule has 1 aliphatic heterocycles. The van der Waals surface area contributed by atoms with E-state index < -0.39 is 0 Å². The third-order valence-corrected chi connectivity index (χ3v) is 4.42. The fourth-order valence-corrected chi connectivity index (χ4v) is 3.29. The maximum absolute atomic E-state index is 4.83. The van der Waals surface area contributed by atoms with Crippen molar-refractivity contribution in [3.05, 3.63) is 33.9 Å². The van der Waals surface area contributed by atoms with Gasteiger partial charge in [-0.2, -0.15) is 0 Å². The van der Waals surface area contributed by atoms with E-state index >= 15 is 0 Å². The van der Waals surface area contributed by atoms with Crippen LogP contribution in [0.15, 0.2) is 38.8 Å². The van der Waals surface area contributed by atoms with Gasteiger partial charge in [0.05, 0.1) is 6.04 Å². The van der Waals surface area contributed by atoms with E-state index in [0.29, 0.717) is 12.1 Å². The molecule has 2 nitrogen and oxygen atoms in total. The molecule has 3 heteroatoms. The largest absolute Gasteiger partial charge is 0.306 e. The number of rotatable bonds is 1. The van der Waals surface area contributed by atoms with Gasteiger partial charge in [0, 0.05) is 16.2 Å². The van der Waals surface area contributed by atoms with Crippen molar-refractivity contribution >= 4 is 21.6 Å². The van der Waals surface area contributed by atoms with E-state index in [9.17, 15) is 0 Å². The predicted molar refractivity (Wildman–Crippen MR) is 75.7 cm³/mol. The zero-order chi connectivity index (χ0) is 12.0. The first kappa shape index (κ1) is 11.4. The molecule has 1 heterocycles. The summed E-state index contributed by atoms with van der Waals surface area (Å²) in [6.45, 7) is 0. The van der Waals surface area contributed by atoms with E-state index in [1.54, 1.807) is 0 Å². The monoisotopic (exact) mass is 292 g/mol. The number of fused-ring (bicyclic) bond motifs is 2. The van der Waals surface area contributed by atoms with Gasteiger partial charge < -0.3 is 4.90 Å². The Kier molecular flexibility index (Phi) is 2.83. The summed E-state index contributed by atoms with van der Waals surface area (Å²) in [6.07, 6.45) is 10.1. The van der Waals surface area contributed by atoms with Gasteiger partial charge in [0.25, 0.3) is 0 Å². The summed E-state index contributed by atoms with van der Waals surface area (Å²) in [5.41, 5.74) is 4.27. The summed E-state index contributed by atoms with van der Waals surface area (Å²) in [4.78, 5) is 7.17. The minimum atomic E-state index is 0.294. The summed E-state index contributed by atoms with van der Waals surface area (Å²) in [6, 6.07) is 0.968. The molecule has 17 heavy (non-hydrogen) atoms. The molecule has 0 amide bonds. The van der Waals surface area contributed by atoms with Gasteiger partial charge in [-0.1, -0.05) is 22.0 Å². The Bertz CT molecular complexity index is 469. The minimum absolute atomic E-state index is 0.294. The van der Waals surface area contributed by atoms with E-state index in [-0.39, 0.29) is 0 Å². The van der Waals surface area contributed by atoms with Crippen LogP contribution in [0.3, 0.4) is 0 Å². The second-order valence-corrected chi connectivity index (χ2v) is 6.12. The van der Waals surface area contributed by atoms with Crippen LogP contribution in [-0.4, -0.2) is 36.8 Å². The summed E-state index contributed by atoms with van der Waals surface area (Å²) in [7, 11) is 4.36. The Balaban J connectivity index is 1.95. The Morgan fingerprint density at radius 3 is 3.00 bits per heavy atom. The van der Waals surface area contributed by atoms with Crippen LogP contribution in [0.2, 0.25) is 0 Å². The maximum atomic E-state index is 4.83. The molecule has 0 aromatic heterocycles. The molecular weight excluding hydrogens is 276 g/mol. The number of nitrogens with zero attached hydrogens (tertiary/aromatic N) is 2. The van der Waals surface area contributed by atoms with Gasteiger partial charge in [-0.25, -0.2) is 0 Å². The molecular formula is C14H17BrN2. The molecule has 90 valence electrons. The molecule has 0 unspecified atom stereocenters. The second-order valence-electron chi connectivity index (χ2n) is 5.20. The van der Waals surface area contributed by atoms with Gasteiger partial charge in [0.15, 0.2) is 0 Å². The SMILES string of the molecule is CN(C)[C@@H]1CCC2=N[C@@H]3C=CC(Br)=CC3=C2C1. The second kappa shape index (κ2) is 4.21.